The Hall–Kier alpha value is -2.75. The van der Waals surface area contributed by atoms with Gasteiger partial charge >= 0.3 is 0 Å². The first-order valence-corrected chi connectivity index (χ1v) is 13.3. The quantitative estimate of drug-likeness (QED) is 0.221. The number of amides is 2. The van der Waals surface area contributed by atoms with E-state index in [1.165, 1.54) is 0 Å². The van der Waals surface area contributed by atoms with Gasteiger partial charge in [-0.3, -0.25) is 15.0 Å². The van der Waals surface area contributed by atoms with Gasteiger partial charge < -0.3 is 9.47 Å². The topological polar surface area (TPSA) is 67.9 Å². The van der Waals surface area contributed by atoms with Crippen LogP contribution < -0.4 is 14.9 Å². The zero-order chi connectivity index (χ0) is 26.5. The molecule has 0 atom stereocenters. The highest BCUT2D eigenvalue weighted by Gasteiger charge is 2.34. The summed E-state index contributed by atoms with van der Waals surface area (Å²) in [5, 5.41) is 2.31. The molecule has 0 radical (unpaired) electrons. The van der Waals surface area contributed by atoms with Gasteiger partial charge in [0.25, 0.3) is 11.8 Å². The van der Waals surface area contributed by atoms with E-state index in [-0.39, 0.29) is 21.5 Å². The molecule has 4 rings (SSSR count). The predicted molar refractivity (Wildman–Crippen MR) is 152 cm³/mol. The molecule has 37 heavy (non-hydrogen) atoms. The minimum Gasteiger partial charge on any atom is -0.490 e. The van der Waals surface area contributed by atoms with Crippen molar-refractivity contribution in [2.24, 2.45) is 0 Å². The van der Waals surface area contributed by atoms with Gasteiger partial charge in [-0.2, -0.15) is 5.01 Å². The smallest absolute Gasteiger partial charge is 0.285 e. The van der Waals surface area contributed by atoms with E-state index in [0.717, 1.165) is 16.8 Å². The van der Waals surface area contributed by atoms with Gasteiger partial charge in [-0.15, -0.1) is 0 Å². The maximum atomic E-state index is 13.0. The SMILES string of the molecule is CCOc1cc(/C=C2\SC(=S)N(NC(=O)c3ccccc3Cl)C2=O)ccc1OCc1c(Cl)cccc1Cl. The van der Waals surface area contributed by atoms with Gasteiger partial charge in [0.1, 0.15) is 6.61 Å². The molecule has 0 saturated carbocycles. The van der Waals surface area contributed by atoms with Crippen LogP contribution in [0.2, 0.25) is 15.1 Å². The second-order valence-corrected chi connectivity index (χ2v) is 10.5. The molecular weight excluding hydrogens is 575 g/mol. The maximum absolute atomic E-state index is 13.0. The first-order chi connectivity index (χ1) is 17.8. The van der Waals surface area contributed by atoms with E-state index >= 15 is 0 Å². The van der Waals surface area contributed by atoms with Crippen LogP contribution in [0.4, 0.5) is 0 Å². The molecule has 1 saturated heterocycles. The Kier molecular flexibility index (Phi) is 9.00. The largest absolute Gasteiger partial charge is 0.490 e. The Balaban J connectivity index is 1.51. The fourth-order valence-electron chi connectivity index (χ4n) is 3.34. The number of thioether (sulfide) groups is 1. The Labute approximate surface area is 238 Å². The van der Waals surface area contributed by atoms with Crippen LogP contribution in [0.5, 0.6) is 11.5 Å². The molecule has 2 amide bonds. The molecule has 0 unspecified atom stereocenters. The number of benzene rings is 3. The predicted octanol–water partition coefficient (Wildman–Crippen LogP) is 7.17. The minimum atomic E-state index is -0.540. The van der Waals surface area contributed by atoms with Crippen molar-refractivity contribution in [2.45, 2.75) is 13.5 Å². The lowest BCUT2D eigenvalue weighted by Crippen LogP contribution is -2.44. The average Bonchev–Trinajstić information content (AvgIpc) is 3.12. The molecule has 0 aromatic heterocycles. The molecule has 3 aromatic carbocycles. The molecule has 0 aliphatic carbocycles. The number of carbonyl (C=O) groups excluding carboxylic acids is 2. The molecule has 6 nitrogen and oxygen atoms in total. The van der Waals surface area contributed by atoms with Crippen molar-refractivity contribution in [3.05, 3.63) is 97.3 Å². The molecule has 1 fully saturated rings. The molecule has 1 heterocycles. The molecule has 11 heteroatoms. The number of nitrogens with zero attached hydrogens (tertiary/aromatic N) is 1. The fraction of sp³-hybridized carbons (Fsp3) is 0.115. The number of nitrogens with one attached hydrogen (secondary N) is 1. The summed E-state index contributed by atoms with van der Waals surface area (Å²) in [5.41, 5.74) is 4.11. The van der Waals surface area contributed by atoms with Crippen molar-refractivity contribution in [2.75, 3.05) is 6.61 Å². The van der Waals surface area contributed by atoms with Crippen LogP contribution in [0.1, 0.15) is 28.4 Å². The lowest BCUT2D eigenvalue weighted by Gasteiger charge is -2.16. The monoisotopic (exact) mass is 592 g/mol. The van der Waals surface area contributed by atoms with Crippen LogP contribution in [0.15, 0.2) is 65.6 Å². The van der Waals surface area contributed by atoms with Crippen molar-refractivity contribution in [3.8, 4) is 11.5 Å². The van der Waals surface area contributed by atoms with Crippen molar-refractivity contribution in [1.82, 2.24) is 10.4 Å². The van der Waals surface area contributed by atoms with Crippen molar-refractivity contribution >= 4 is 81.0 Å². The summed E-state index contributed by atoms with van der Waals surface area (Å²) in [5.74, 6) is -0.0135. The second kappa shape index (κ2) is 12.2. The summed E-state index contributed by atoms with van der Waals surface area (Å²) in [6, 6.07) is 17.1. The summed E-state index contributed by atoms with van der Waals surface area (Å²) in [6.07, 6.45) is 1.66. The Bertz CT molecular complexity index is 1390. The van der Waals surface area contributed by atoms with E-state index in [1.54, 1.807) is 66.7 Å². The Morgan fingerprint density at radius 3 is 2.41 bits per heavy atom. The Morgan fingerprint density at radius 2 is 1.70 bits per heavy atom. The number of hydrazine groups is 1. The number of halogens is 3. The van der Waals surface area contributed by atoms with E-state index in [9.17, 15) is 9.59 Å². The van der Waals surface area contributed by atoms with Gasteiger partial charge in [-0.25, -0.2) is 0 Å². The lowest BCUT2D eigenvalue weighted by molar-refractivity contribution is -0.123. The third-order valence-corrected chi connectivity index (χ3v) is 7.46. The second-order valence-electron chi connectivity index (χ2n) is 7.57. The number of hydrogen-bond donors (Lipinski definition) is 1. The van der Waals surface area contributed by atoms with Crippen molar-refractivity contribution in [1.29, 1.82) is 0 Å². The van der Waals surface area contributed by atoms with Crippen LogP contribution in [-0.2, 0) is 11.4 Å². The molecule has 190 valence electrons. The van der Waals surface area contributed by atoms with Crippen molar-refractivity contribution in [3.63, 3.8) is 0 Å². The first-order valence-electron chi connectivity index (χ1n) is 10.9. The van der Waals surface area contributed by atoms with Crippen LogP contribution in [0.25, 0.3) is 6.08 Å². The molecule has 3 aromatic rings. The van der Waals surface area contributed by atoms with Crippen molar-refractivity contribution < 1.29 is 19.1 Å². The van der Waals surface area contributed by atoms with Gasteiger partial charge in [-0.1, -0.05) is 70.8 Å². The first kappa shape index (κ1) is 27.3. The van der Waals surface area contributed by atoms with Gasteiger partial charge in [0.2, 0.25) is 0 Å². The standard InChI is InChI=1S/C26H19Cl3N2O4S2/c1-2-34-22-12-15(10-11-21(22)35-14-17-19(28)8-5-9-20(17)29)13-23-25(33)31(26(36)37-23)30-24(32)16-6-3-4-7-18(16)27/h3-13H,2,14H2,1H3,(H,30,32)/b23-13-. The number of rotatable bonds is 8. The maximum Gasteiger partial charge on any atom is 0.285 e. The molecule has 0 spiro atoms. The summed E-state index contributed by atoms with van der Waals surface area (Å²) < 4.78 is 11.9. The summed E-state index contributed by atoms with van der Waals surface area (Å²) in [6.45, 7) is 2.42. The minimum absolute atomic E-state index is 0.154. The highest BCUT2D eigenvalue weighted by molar-refractivity contribution is 8.26. The van der Waals surface area contributed by atoms with Gasteiger partial charge in [0.05, 0.1) is 22.1 Å². The van der Waals surface area contributed by atoms with Gasteiger partial charge in [-0.05, 0) is 67.2 Å². The van der Waals surface area contributed by atoms with E-state index in [0.29, 0.717) is 44.2 Å². The molecule has 1 N–H and O–H groups in total. The number of thiocarbonyl (C=S) groups is 1. The summed E-state index contributed by atoms with van der Waals surface area (Å²) in [7, 11) is 0. The van der Waals surface area contributed by atoms with E-state index in [2.05, 4.69) is 5.43 Å². The fourth-order valence-corrected chi connectivity index (χ4v) is 5.25. The van der Waals surface area contributed by atoms with Gasteiger partial charge in [0, 0.05) is 15.6 Å². The molecule has 1 aliphatic rings. The highest BCUT2D eigenvalue weighted by atomic mass is 35.5. The zero-order valence-electron chi connectivity index (χ0n) is 19.3. The lowest BCUT2D eigenvalue weighted by atomic mass is 10.1. The van der Waals surface area contributed by atoms with Crippen LogP contribution in [0, 0.1) is 0 Å². The molecule has 0 bridgehead atoms. The third-order valence-electron chi connectivity index (χ3n) is 5.12. The summed E-state index contributed by atoms with van der Waals surface area (Å²) in [4.78, 5) is 25.9. The normalized spacial score (nSPS) is 14.3. The number of hydrogen-bond acceptors (Lipinski definition) is 6. The zero-order valence-corrected chi connectivity index (χ0v) is 23.2. The van der Waals surface area contributed by atoms with E-state index in [1.807, 2.05) is 6.92 Å². The van der Waals surface area contributed by atoms with Gasteiger partial charge in [0.15, 0.2) is 15.8 Å². The van der Waals surface area contributed by atoms with E-state index in [4.69, 9.17) is 56.5 Å². The van der Waals surface area contributed by atoms with E-state index < -0.39 is 11.8 Å². The average molecular weight is 594 g/mol. The van der Waals surface area contributed by atoms with Crippen LogP contribution in [-0.4, -0.2) is 27.8 Å². The number of carbonyl (C=O) groups is 2. The highest BCUT2D eigenvalue weighted by Crippen LogP contribution is 2.35. The third kappa shape index (κ3) is 6.40. The summed E-state index contributed by atoms with van der Waals surface area (Å²) >= 11 is 25.0. The van der Waals surface area contributed by atoms with Crippen LogP contribution in [0.3, 0.4) is 0 Å². The Morgan fingerprint density at radius 1 is 1.00 bits per heavy atom. The molecule has 1 aliphatic heterocycles. The number of ether oxygens (including phenoxy) is 2. The van der Waals surface area contributed by atoms with Crippen LogP contribution >= 0.6 is 58.8 Å². The molecular formula is C26H19Cl3N2O4S2.